The lowest BCUT2D eigenvalue weighted by Crippen LogP contribution is -2.35. The summed E-state index contributed by atoms with van der Waals surface area (Å²) in [7, 11) is 1.86. The molecule has 0 aromatic heterocycles. The molecular formula is C11H13NO. The van der Waals surface area contributed by atoms with E-state index in [-0.39, 0.29) is 11.8 Å². The van der Waals surface area contributed by atoms with Crippen LogP contribution in [0.25, 0.3) is 0 Å². The Morgan fingerprint density at radius 2 is 2.08 bits per heavy atom. The van der Waals surface area contributed by atoms with Crippen molar-refractivity contribution in [2.24, 2.45) is 0 Å². The first-order valence-corrected chi connectivity index (χ1v) is 4.53. The predicted molar refractivity (Wildman–Crippen MR) is 51.3 cm³/mol. The molecule has 0 radical (unpaired) electrons. The Bertz CT molecular complexity index is 346. The van der Waals surface area contributed by atoms with Gasteiger partial charge >= 0.3 is 0 Å². The molecule has 0 aliphatic carbocycles. The number of rotatable bonds is 0. The van der Waals surface area contributed by atoms with E-state index in [1.54, 1.807) is 4.90 Å². The molecule has 13 heavy (non-hydrogen) atoms. The lowest BCUT2D eigenvalue weighted by molar-refractivity contribution is -0.132. The van der Waals surface area contributed by atoms with Crippen molar-refractivity contribution in [3.05, 3.63) is 35.4 Å². The van der Waals surface area contributed by atoms with Gasteiger partial charge in [-0.15, -0.1) is 0 Å². The maximum absolute atomic E-state index is 11.6. The molecule has 0 saturated carbocycles. The quantitative estimate of drug-likeness (QED) is 0.588. The van der Waals surface area contributed by atoms with Crippen molar-refractivity contribution in [1.82, 2.24) is 4.90 Å². The minimum absolute atomic E-state index is 0.0231. The molecule has 0 fully saturated rings. The van der Waals surface area contributed by atoms with Gasteiger partial charge in [-0.25, -0.2) is 0 Å². The number of hydrogen-bond donors (Lipinski definition) is 0. The van der Waals surface area contributed by atoms with E-state index in [2.05, 4.69) is 6.07 Å². The number of likely N-dealkylation sites (N-methyl/N-ethyl adjacent to an activating group) is 1. The number of nitrogens with zero attached hydrogens (tertiary/aromatic N) is 1. The molecule has 0 spiro atoms. The topological polar surface area (TPSA) is 20.3 Å². The number of amides is 1. The summed E-state index contributed by atoms with van der Waals surface area (Å²) in [5.41, 5.74) is 2.46. The second-order valence-corrected chi connectivity index (χ2v) is 3.61. The third kappa shape index (κ3) is 1.22. The smallest absolute Gasteiger partial charge is 0.229 e. The van der Waals surface area contributed by atoms with E-state index >= 15 is 0 Å². The minimum Gasteiger partial charge on any atom is -0.341 e. The van der Waals surface area contributed by atoms with Crippen molar-refractivity contribution < 1.29 is 4.79 Å². The van der Waals surface area contributed by atoms with Crippen LogP contribution in [0.4, 0.5) is 0 Å². The number of benzene rings is 1. The summed E-state index contributed by atoms with van der Waals surface area (Å²) in [6.45, 7) is 2.72. The fourth-order valence-electron chi connectivity index (χ4n) is 1.90. The molecule has 1 aliphatic heterocycles. The Hall–Kier alpha value is -1.31. The molecule has 2 nitrogen and oxygen atoms in total. The highest BCUT2D eigenvalue weighted by molar-refractivity contribution is 5.85. The zero-order valence-corrected chi connectivity index (χ0v) is 7.95. The average Bonchev–Trinajstić information content (AvgIpc) is 2.15. The maximum atomic E-state index is 11.6. The van der Waals surface area contributed by atoms with Crippen LogP contribution in [0.3, 0.4) is 0 Å². The van der Waals surface area contributed by atoms with Crippen molar-refractivity contribution >= 4 is 5.91 Å². The molecule has 1 aliphatic rings. The van der Waals surface area contributed by atoms with Crippen molar-refractivity contribution in [3.8, 4) is 0 Å². The predicted octanol–water partition coefficient (Wildman–Crippen LogP) is 1.76. The SMILES string of the molecule is CC1C(=O)N(C)Cc2ccccc21. The first kappa shape index (κ1) is 8.30. The van der Waals surface area contributed by atoms with E-state index in [0.717, 1.165) is 6.54 Å². The Morgan fingerprint density at radius 3 is 2.85 bits per heavy atom. The van der Waals surface area contributed by atoms with Gasteiger partial charge in [0.1, 0.15) is 0 Å². The second kappa shape index (κ2) is 2.87. The highest BCUT2D eigenvalue weighted by Gasteiger charge is 2.26. The first-order valence-electron chi connectivity index (χ1n) is 4.53. The van der Waals surface area contributed by atoms with E-state index in [4.69, 9.17) is 0 Å². The summed E-state index contributed by atoms with van der Waals surface area (Å²) in [5, 5.41) is 0. The van der Waals surface area contributed by atoms with Gasteiger partial charge in [0.2, 0.25) is 5.91 Å². The third-order valence-electron chi connectivity index (χ3n) is 2.68. The number of hydrogen-bond acceptors (Lipinski definition) is 1. The molecule has 68 valence electrons. The lowest BCUT2D eigenvalue weighted by Gasteiger charge is -2.29. The van der Waals surface area contributed by atoms with Gasteiger partial charge in [-0.2, -0.15) is 0 Å². The van der Waals surface area contributed by atoms with Crippen LogP contribution in [0.1, 0.15) is 24.0 Å². The largest absolute Gasteiger partial charge is 0.341 e. The maximum Gasteiger partial charge on any atom is 0.229 e. The summed E-state index contributed by atoms with van der Waals surface area (Å²) < 4.78 is 0. The Morgan fingerprint density at radius 1 is 1.38 bits per heavy atom. The van der Waals surface area contributed by atoms with Crippen LogP contribution >= 0.6 is 0 Å². The van der Waals surface area contributed by atoms with Crippen molar-refractivity contribution in [3.63, 3.8) is 0 Å². The Balaban J connectivity index is 2.49. The summed E-state index contributed by atoms with van der Waals surface area (Å²) in [6.07, 6.45) is 0. The number of carbonyl (C=O) groups is 1. The summed E-state index contributed by atoms with van der Waals surface area (Å²) >= 11 is 0. The highest BCUT2D eigenvalue weighted by Crippen LogP contribution is 2.27. The van der Waals surface area contributed by atoms with E-state index in [0.29, 0.717) is 0 Å². The average molecular weight is 175 g/mol. The normalized spacial score (nSPS) is 21.5. The molecule has 1 unspecified atom stereocenters. The Labute approximate surface area is 78.2 Å². The molecule has 1 atom stereocenters. The third-order valence-corrected chi connectivity index (χ3v) is 2.68. The molecule has 0 N–H and O–H groups in total. The minimum atomic E-state index is 0.0231. The van der Waals surface area contributed by atoms with Crippen molar-refractivity contribution in [2.75, 3.05) is 7.05 Å². The molecule has 2 heteroatoms. The van der Waals surface area contributed by atoms with Crippen molar-refractivity contribution in [2.45, 2.75) is 19.4 Å². The molecule has 1 amide bonds. The molecule has 0 bridgehead atoms. The molecule has 1 aromatic carbocycles. The van der Waals surface area contributed by atoms with Gasteiger partial charge < -0.3 is 4.90 Å². The Kier molecular flexibility index (Phi) is 1.83. The monoisotopic (exact) mass is 175 g/mol. The fourth-order valence-corrected chi connectivity index (χ4v) is 1.90. The first-order chi connectivity index (χ1) is 6.20. The van der Waals surface area contributed by atoms with Crippen LogP contribution in [-0.4, -0.2) is 17.9 Å². The van der Waals surface area contributed by atoms with Crippen LogP contribution in [0.2, 0.25) is 0 Å². The summed E-state index contributed by atoms with van der Waals surface area (Å²) in [6, 6.07) is 8.16. The van der Waals surface area contributed by atoms with Gasteiger partial charge in [0.15, 0.2) is 0 Å². The highest BCUT2D eigenvalue weighted by atomic mass is 16.2. The van der Waals surface area contributed by atoms with Gasteiger partial charge in [-0.1, -0.05) is 24.3 Å². The van der Waals surface area contributed by atoms with Crippen LogP contribution in [0, 0.1) is 0 Å². The molecule has 2 rings (SSSR count). The van der Waals surface area contributed by atoms with E-state index < -0.39 is 0 Å². The zero-order chi connectivity index (χ0) is 9.42. The van der Waals surface area contributed by atoms with Gasteiger partial charge in [0.05, 0.1) is 5.92 Å². The van der Waals surface area contributed by atoms with Crippen LogP contribution in [0.5, 0.6) is 0 Å². The number of carbonyl (C=O) groups excluding carboxylic acids is 1. The van der Waals surface area contributed by atoms with Gasteiger partial charge in [-0.05, 0) is 18.1 Å². The van der Waals surface area contributed by atoms with Gasteiger partial charge in [0.25, 0.3) is 0 Å². The summed E-state index contributed by atoms with van der Waals surface area (Å²) in [4.78, 5) is 13.4. The van der Waals surface area contributed by atoms with E-state index in [9.17, 15) is 4.79 Å². The zero-order valence-electron chi connectivity index (χ0n) is 7.95. The molecular weight excluding hydrogens is 162 g/mol. The molecule has 1 aromatic rings. The lowest BCUT2D eigenvalue weighted by atomic mass is 9.91. The van der Waals surface area contributed by atoms with Gasteiger partial charge in [0, 0.05) is 13.6 Å². The fraction of sp³-hybridized carbons (Fsp3) is 0.364. The van der Waals surface area contributed by atoms with Gasteiger partial charge in [-0.3, -0.25) is 4.79 Å². The summed E-state index contributed by atoms with van der Waals surface area (Å²) in [5.74, 6) is 0.244. The van der Waals surface area contributed by atoms with Crippen LogP contribution < -0.4 is 0 Å². The van der Waals surface area contributed by atoms with E-state index in [1.807, 2.05) is 32.2 Å². The van der Waals surface area contributed by atoms with Crippen molar-refractivity contribution in [1.29, 1.82) is 0 Å². The second-order valence-electron chi connectivity index (χ2n) is 3.61. The van der Waals surface area contributed by atoms with Crippen LogP contribution in [0.15, 0.2) is 24.3 Å². The molecule has 0 saturated heterocycles. The van der Waals surface area contributed by atoms with E-state index in [1.165, 1.54) is 11.1 Å². The number of fused-ring (bicyclic) bond motifs is 1. The van der Waals surface area contributed by atoms with Crippen LogP contribution in [-0.2, 0) is 11.3 Å². The molecule has 1 heterocycles. The standard InChI is InChI=1S/C11H13NO/c1-8-10-6-4-3-5-9(10)7-12(2)11(8)13/h3-6,8H,7H2,1-2H3.